The van der Waals surface area contributed by atoms with Crippen molar-refractivity contribution in [3.63, 3.8) is 0 Å². The Kier molecular flexibility index (Phi) is 7.88. The van der Waals surface area contributed by atoms with E-state index in [0.29, 0.717) is 37.8 Å². The molecule has 0 saturated carbocycles. The van der Waals surface area contributed by atoms with E-state index >= 15 is 0 Å². The summed E-state index contributed by atoms with van der Waals surface area (Å²) in [6, 6.07) is 4.86. The third-order valence-electron chi connectivity index (χ3n) is 3.24. The molecule has 0 unspecified atom stereocenters. The zero-order valence-electron chi connectivity index (χ0n) is 13.8. The Labute approximate surface area is 132 Å². The van der Waals surface area contributed by atoms with E-state index < -0.39 is 14.6 Å². The van der Waals surface area contributed by atoms with Gasteiger partial charge in [0.1, 0.15) is 5.82 Å². The number of carbonyl (C=O) groups is 1. The first-order chi connectivity index (χ1) is 10.5. The maximum absolute atomic E-state index is 13.3. The van der Waals surface area contributed by atoms with E-state index in [0.717, 1.165) is 5.56 Å². The van der Waals surface area contributed by atoms with Crippen molar-refractivity contribution in [1.29, 1.82) is 0 Å². The number of halogens is 1. The van der Waals surface area contributed by atoms with E-state index in [2.05, 4.69) is 0 Å². The van der Waals surface area contributed by atoms with Crippen LogP contribution in [0.4, 0.5) is 4.39 Å². The number of ketones is 1. The van der Waals surface area contributed by atoms with Crippen LogP contribution in [0.3, 0.4) is 0 Å². The highest BCUT2D eigenvalue weighted by Crippen LogP contribution is 2.22. The summed E-state index contributed by atoms with van der Waals surface area (Å²) in [7, 11) is -2.75. The van der Waals surface area contributed by atoms with Gasteiger partial charge in [0, 0.05) is 31.4 Å². The molecular formula is C16H25FO4Si. The Morgan fingerprint density at radius 3 is 2.09 bits per heavy atom. The second-order valence-electron chi connectivity index (χ2n) is 4.84. The van der Waals surface area contributed by atoms with Crippen molar-refractivity contribution in [2.24, 2.45) is 0 Å². The van der Waals surface area contributed by atoms with Crippen LogP contribution in [0.2, 0.25) is 6.04 Å². The molecule has 0 N–H and O–H groups in total. The van der Waals surface area contributed by atoms with Crippen LogP contribution in [-0.2, 0) is 19.7 Å². The van der Waals surface area contributed by atoms with Crippen molar-refractivity contribution >= 4 is 14.6 Å². The Hall–Kier alpha value is -1.08. The van der Waals surface area contributed by atoms with Crippen LogP contribution in [-0.4, -0.2) is 34.4 Å². The first-order valence-electron chi connectivity index (χ1n) is 7.69. The molecule has 1 aromatic rings. The smallest absolute Gasteiger partial charge is 0.374 e. The van der Waals surface area contributed by atoms with Crippen molar-refractivity contribution in [2.45, 2.75) is 40.2 Å². The van der Waals surface area contributed by atoms with Crippen molar-refractivity contribution < 1.29 is 22.5 Å². The molecule has 1 rings (SSSR count). The molecule has 22 heavy (non-hydrogen) atoms. The van der Waals surface area contributed by atoms with Crippen LogP contribution < -0.4 is 0 Å². The molecule has 1 aromatic carbocycles. The van der Waals surface area contributed by atoms with E-state index in [1.54, 1.807) is 6.07 Å². The molecule has 0 heterocycles. The van der Waals surface area contributed by atoms with Crippen molar-refractivity contribution in [3.8, 4) is 0 Å². The summed E-state index contributed by atoms with van der Waals surface area (Å²) in [5, 5.41) is 0. The van der Waals surface area contributed by atoms with Gasteiger partial charge in [0.25, 0.3) is 0 Å². The van der Waals surface area contributed by atoms with Gasteiger partial charge < -0.3 is 13.3 Å². The van der Waals surface area contributed by atoms with E-state index in [-0.39, 0.29) is 5.78 Å². The number of hydrogen-bond donors (Lipinski definition) is 0. The van der Waals surface area contributed by atoms with E-state index in [4.69, 9.17) is 13.3 Å². The van der Waals surface area contributed by atoms with Crippen LogP contribution >= 0.6 is 0 Å². The van der Waals surface area contributed by atoms with Gasteiger partial charge in [0.15, 0.2) is 5.78 Å². The number of carbonyl (C=O) groups excluding carboxylic acids is 1. The molecule has 0 bridgehead atoms. The molecule has 0 radical (unpaired) electrons. The highest BCUT2D eigenvalue weighted by Gasteiger charge is 2.40. The van der Waals surface area contributed by atoms with Crippen molar-refractivity contribution in [3.05, 3.63) is 35.1 Å². The van der Waals surface area contributed by atoms with Crippen LogP contribution in [0.15, 0.2) is 18.2 Å². The summed E-state index contributed by atoms with van der Waals surface area (Å²) in [5.41, 5.74) is 1.21. The standard InChI is InChI=1S/C16H25FO4Si/c1-5-19-22(20-6-2,21-7-3)11-10-14-8-9-15(17)12-16(14)13(4)18/h8-9,12H,5-7,10-11H2,1-4H3. The first-order valence-corrected chi connectivity index (χ1v) is 9.62. The Balaban J connectivity index is 2.94. The summed E-state index contributed by atoms with van der Waals surface area (Å²) in [5.74, 6) is -0.553. The quantitative estimate of drug-likeness (QED) is 0.486. The molecule has 0 aromatic heterocycles. The predicted molar refractivity (Wildman–Crippen MR) is 85.5 cm³/mol. The molecule has 0 amide bonds. The van der Waals surface area contributed by atoms with E-state index in [9.17, 15) is 9.18 Å². The summed E-state index contributed by atoms with van der Waals surface area (Å²) in [6.07, 6.45) is 0.557. The lowest BCUT2D eigenvalue weighted by Crippen LogP contribution is -2.46. The number of hydrogen-bond acceptors (Lipinski definition) is 4. The third-order valence-corrected chi connectivity index (χ3v) is 6.29. The number of Topliss-reactive ketones (excluding diaryl/α,β-unsaturated/α-hetero) is 1. The Bertz CT molecular complexity index is 476. The lowest BCUT2D eigenvalue weighted by Gasteiger charge is -2.28. The second kappa shape index (κ2) is 9.15. The molecule has 0 saturated heterocycles. The van der Waals surface area contributed by atoms with Gasteiger partial charge in [0.2, 0.25) is 0 Å². The predicted octanol–water partition coefficient (Wildman–Crippen LogP) is 3.62. The maximum atomic E-state index is 13.3. The SMILES string of the molecule is CCO[Si](CCc1ccc(F)cc1C(C)=O)(OCC)OCC. The molecule has 0 aliphatic rings. The lowest BCUT2D eigenvalue weighted by atomic mass is 10.0. The zero-order chi connectivity index (χ0) is 16.6. The molecule has 0 aliphatic carbocycles. The monoisotopic (exact) mass is 328 g/mol. The summed E-state index contributed by atoms with van der Waals surface area (Å²) < 4.78 is 30.7. The molecule has 6 heteroatoms. The average Bonchev–Trinajstić information content (AvgIpc) is 2.46. The Morgan fingerprint density at radius 2 is 1.64 bits per heavy atom. The number of benzene rings is 1. The number of rotatable bonds is 10. The van der Waals surface area contributed by atoms with E-state index in [1.165, 1.54) is 19.1 Å². The van der Waals surface area contributed by atoms with Gasteiger partial charge >= 0.3 is 8.80 Å². The van der Waals surface area contributed by atoms with Crippen molar-refractivity contribution in [1.82, 2.24) is 0 Å². The van der Waals surface area contributed by atoms with Crippen molar-refractivity contribution in [2.75, 3.05) is 19.8 Å². The van der Waals surface area contributed by atoms with Gasteiger partial charge in [-0.2, -0.15) is 0 Å². The molecule has 0 spiro atoms. The van der Waals surface area contributed by atoms with Crippen LogP contribution in [0, 0.1) is 5.82 Å². The molecule has 124 valence electrons. The lowest BCUT2D eigenvalue weighted by molar-refractivity contribution is 0.0713. The molecular weight excluding hydrogens is 303 g/mol. The molecule has 4 nitrogen and oxygen atoms in total. The molecule has 0 atom stereocenters. The maximum Gasteiger partial charge on any atom is 0.501 e. The van der Waals surface area contributed by atoms with Gasteiger partial charge in [-0.05, 0) is 51.8 Å². The summed E-state index contributed by atoms with van der Waals surface area (Å²) in [4.78, 5) is 11.7. The fraction of sp³-hybridized carbons (Fsp3) is 0.562. The zero-order valence-corrected chi connectivity index (χ0v) is 14.8. The normalized spacial score (nSPS) is 11.7. The fourth-order valence-electron chi connectivity index (χ4n) is 2.38. The summed E-state index contributed by atoms with van der Waals surface area (Å²) in [6.45, 7) is 8.67. The summed E-state index contributed by atoms with van der Waals surface area (Å²) >= 11 is 0. The minimum Gasteiger partial charge on any atom is -0.374 e. The van der Waals surface area contributed by atoms with E-state index in [1.807, 2.05) is 20.8 Å². The van der Waals surface area contributed by atoms with Crippen LogP contribution in [0.1, 0.15) is 43.6 Å². The highest BCUT2D eigenvalue weighted by atomic mass is 28.4. The molecule has 0 aliphatic heterocycles. The average molecular weight is 328 g/mol. The minimum absolute atomic E-state index is 0.147. The fourth-order valence-corrected chi connectivity index (χ4v) is 4.96. The van der Waals surface area contributed by atoms with Gasteiger partial charge in [0.05, 0.1) is 0 Å². The van der Waals surface area contributed by atoms with Gasteiger partial charge in [-0.25, -0.2) is 4.39 Å². The minimum atomic E-state index is -2.75. The van der Waals surface area contributed by atoms with Crippen LogP contribution in [0.5, 0.6) is 0 Å². The highest BCUT2D eigenvalue weighted by molar-refractivity contribution is 6.60. The first kappa shape index (κ1) is 19.0. The Morgan fingerprint density at radius 1 is 1.09 bits per heavy atom. The second-order valence-corrected chi connectivity index (χ2v) is 7.57. The molecule has 0 fully saturated rings. The van der Waals surface area contributed by atoms with Gasteiger partial charge in [-0.15, -0.1) is 0 Å². The van der Waals surface area contributed by atoms with Crippen LogP contribution in [0.25, 0.3) is 0 Å². The number of aryl methyl sites for hydroxylation is 1. The van der Waals surface area contributed by atoms with Gasteiger partial charge in [-0.1, -0.05) is 6.07 Å². The topological polar surface area (TPSA) is 44.8 Å². The largest absolute Gasteiger partial charge is 0.501 e. The van der Waals surface area contributed by atoms with Gasteiger partial charge in [-0.3, -0.25) is 4.79 Å². The third kappa shape index (κ3) is 5.28.